The third-order valence-electron chi connectivity index (χ3n) is 6.87. The van der Waals surface area contributed by atoms with Crippen LogP contribution in [0.15, 0.2) is 48.8 Å². The number of rotatable bonds is 8. The predicted octanol–water partition coefficient (Wildman–Crippen LogP) is 4.45. The molecule has 3 aromatic rings. The highest BCUT2D eigenvalue weighted by Gasteiger charge is 2.47. The summed E-state index contributed by atoms with van der Waals surface area (Å²) in [6.45, 7) is 0.737. The average molecular weight is 443 g/mol. The van der Waals surface area contributed by atoms with Crippen molar-refractivity contribution in [2.75, 3.05) is 17.3 Å². The fraction of sp³-hybridized carbons (Fsp3) is 0.480. The lowest BCUT2D eigenvalue weighted by Gasteiger charge is -2.30. The van der Waals surface area contributed by atoms with E-state index in [0.29, 0.717) is 11.9 Å². The Hall–Kier alpha value is -3.47. The molecule has 0 aliphatic heterocycles. The molecule has 0 saturated heterocycles. The number of nitrogens with one attached hydrogen (secondary N) is 1. The Morgan fingerprint density at radius 2 is 1.97 bits per heavy atom. The average Bonchev–Trinajstić information content (AvgIpc) is 3.52. The molecule has 2 aliphatic carbocycles. The first kappa shape index (κ1) is 21.4. The van der Waals surface area contributed by atoms with E-state index < -0.39 is 5.54 Å². The molecule has 1 atom stereocenters. The zero-order valence-corrected chi connectivity index (χ0v) is 19.1. The third kappa shape index (κ3) is 4.68. The number of aromatic nitrogens is 5. The Bertz CT molecular complexity index is 1110. The molecule has 8 nitrogen and oxygen atoms in total. The highest BCUT2D eigenvalue weighted by molar-refractivity contribution is 5.43. The van der Waals surface area contributed by atoms with Gasteiger partial charge in [-0.15, -0.1) is 5.10 Å². The quantitative estimate of drug-likeness (QED) is 0.550. The van der Waals surface area contributed by atoms with Gasteiger partial charge in [-0.05, 0) is 43.2 Å². The van der Waals surface area contributed by atoms with Gasteiger partial charge in [-0.1, -0.05) is 54.8 Å². The minimum atomic E-state index is -0.495. The fourth-order valence-electron chi connectivity index (χ4n) is 4.74. The molecule has 0 spiro atoms. The molecule has 0 radical (unpaired) electrons. The predicted molar refractivity (Wildman–Crippen MR) is 126 cm³/mol. The Balaban J connectivity index is 1.37. The zero-order chi connectivity index (χ0) is 22.7. The van der Waals surface area contributed by atoms with Gasteiger partial charge in [-0.3, -0.25) is 0 Å². The van der Waals surface area contributed by atoms with Crippen molar-refractivity contribution in [2.24, 2.45) is 5.92 Å². The maximum atomic E-state index is 9.55. The lowest BCUT2D eigenvalue weighted by Crippen LogP contribution is -2.25. The molecule has 1 aromatic carbocycles. The van der Waals surface area contributed by atoms with Crippen molar-refractivity contribution in [1.82, 2.24) is 25.0 Å². The minimum absolute atomic E-state index is 0.00993. The van der Waals surface area contributed by atoms with Crippen LogP contribution >= 0.6 is 0 Å². The summed E-state index contributed by atoms with van der Waals surface area (Å²) in [4.78, 5) is 11.4. The van der Waals surface area contributed by atoms with Gasteiger partial charge >= 0.3 is 0 Å². The largest absolute Gasteiger partial charge is 0.361 e. The van der Waals surface area contributed by atoms with Crippen molar-refractivity contribution in [3.63, 3.8) is 0 Å². The van der Waals surface area contributed by atoms with E-state index >= 15 is 0 Å². The molecule has 8 heteroatoms. The van der Waals surface area contributed by atoms with Crippen molar-refractivity contribution >= 4 is 11.8 Å². The molecular weight excluding hydrogens is 412 g/mol. The smallest absolute Gasteiger partial charge is 0.227 e. The second kappa shape index (κ2) is 9.18. The molecule has 0 unspecified atom stereocenters. The first-order chi connectivity index (χ1) is 16.2. The van der Waals surface area contributed by atoms with Crippen LogP contribution in [0.25, 0.3) is 0 Å². The van der Waals surface area contributed by atoms with Crippen LogP contribution in [0.4, 0.5) is 11.8 Å². The first-order valence-electron chi connectivity index (χ1n) is 11.9. The second-order valence-corrected chi connectivity index (χ2v) is 9.34. The van der Waals surface area contributed by atoms with Crippen molar-refractivity contribution in [3.8, 4) is 6.07 Å². The Morgan fingerprint density at radius 3 is 2.70 bits per heavy atom. The molecule has 2 saturated carbocycles. The number of nitrogens with zero attached hydrogens (tertiary/aromatic N) is 7. The van der Waals surface area contributed by atoms with E-state index in [1.165, 1.54) is 24.8 Å². The van der Waals surface area contributed by atoms with Crippen LogP contribution < -0.4 is 10.2 Å². The zero-order valence-electron chi connectivity index (χ0n) is 19.1. The Morgan fingerprint density at radius 1 is 1.18 bits per heavy atom. The van der Waals surface area contributed by atoms with Gasteiger partial charge in [0.05, 0.1) is 18.3 Å². The molecule has 2 fully saturated rings. The maximum absolute atomic E-state index is 9.55. The van der Waals surface area contributed by atoms with Crippen LogP contribution in [0, 0.1) is 17.2 Å². The lowest BCUT2D eigenvalue weighted by atomic mass is 9.83. The highest BCUT2D eigenvalue weighted by Crippen LogP contribution is 2.43. The van der Waals surface area contributed by atoms with Gasteiger partial charge in [0.15, 0.2) is 5.54 Å². The number of hydrogen-bond donors (Lipinski definition) is 1. The fourth-order valence-corrected chi connectivity index (χ4v) is 4.74. The number of hydrogen-bond acceptors (Lipinski definition) is 7. The number of anilines is 2. The van der Waals surface area contributed by atoms with Gasteiger partial charge in [0.25, 0.3) is 0 Å². The Labute approximate surface area is 194 Å². The van der Waals surface area contributed by atoms with Crippen LogP contribution in [0.2, 0.25) is 0 Å². The molecule has 1 N–H and O–H groups in total. The minimum Gasteiger partial charge on any atom is -0.361 e. The summed E-state index contributed by atoms with van der Waals surface area (Å²) in [7, 11) is 2.01. The van der Waals surface area contributed by atoms with E-state index in [9.17, 15) is 5.26 Å². The van der Waals surface area contributed by atoms with Crippen LogP contribution in [0.3, 0.4) is 0 Å². The van der Waals surface area contributed by atoms with Gasteiger partial charge in [0, 0.05) is 19.8 Å². The SMILES string of the molecule is CN(Cc1ccccc1)c1nccc(N[C@H](c2cn(C3(C#N)CC3)nn2)C2CCCCC2)n1. The van der Waals surface area contributed by atoms with Gasteiger partial charge in [0.2, 0.25) is 5.95 Å². The maximum Gasteiger partial charge on any atom is 0.227 e. The van der Waals surface area contributed by atoms with Crippen molar-refractivity contribution in [2.45, 2.75) is 63.1 Å². The number of benzene rings is 1. The topological polar surface area (TPSA) is 95.6 Å². The molecule has 0 bridgehead atoms. The standard InChI is InChI=1S/C25H30N8/c1-32(16-19-8-4-2-5-9-19)24-27-15-12-22(29-24)28-23(20-10-6-3-7-11-20)21-17-33(31-30-21)25(18-26)13-14-25/h2,4-5,8-9,12,15,17,20,23H,3,6-7,10-11,13-14,16H2,1H3,(H,27,28,29)/t23-/m0/s1. The van der Waals surface area contributed by atoms with Crippen LogP contribution in [-0.2, 0) is 12.1 Å². The second-order valence-electron chi connectivity index (χ2n) is 9.34. The summed E-state index contributed by atoms with van der Waals surface area (Å²) in [5.74, 6) is 1.92. The molecule has 170 valence electrons. The molecule has 2 aliphatic rings. The Kier molecular flexibility index (Phi) is 5.95. The molecule has 2 aromatic heterocycles. The van der Waals surface area contributed by atoms with Gasteiger partial charge in [-0.2, -0.15) is 10.2 Å². The molecule has 0 amide bonds. The number of nitriles is 1. The van der Waals surface area contributed by atoms with E-state index in [-0.39, 0.29) is 6.04 Å². The summed E-state index contributed by atoms with van der Waals surface area (Å²) in [6.07, 6.45) is 11.5. The van der Waals surface area contributed by atoms with E-state index in [2.05, 4.69) is 43.7 Å². The van der Waals surface area contributed by atoms with Crippen molar-refractivity contribution in [1.29, 1.82) is 5.26 Å². The molecule has 33 heavy (non-hydrogen) atoms. The molecule has 5 rings (SSSR count). The summed E-state index contributed by atoms with van der Waals surface area (Å²) in [5.41, 5.74) is 1.61. The summed E-state index contributed by atoms with van der Waals surface area (Å²) >= 11 is 0. The van der Waals surface area contributed by atoms with Crippen LogP contribution in [0.5, 0.6) is 0 Å². The lowest BCUT2D eigenvalue weighted by molar-refractivity contribution is 0.317. The first-order valence-corrected chi connectivity index (χ1v) is 11.9. The van der Waals surface area contributed by atoms with Gasteiger partial charge in [0.1, 0.15) is 11.5 Å². The summed E-state index contributed by atoms with van der Waals surface area (Å²) in [5, 5.41) is 22.0. The van der Waals surface area contributed by atoms with E-state index in [1.807, 2.05) is 37.5 Å². The monoisotopic (exact) mass is 442 g/mol. The van der Waals surface area contributed by atoms with E-state index in [1.54, 1.807) is 10.9 Å². The van der Waals surface area contributed by atoms with E-state index in [0.717, 1.165) is 43.7 Å². The summed E-state index contributed by atoms with van der Waals surface area (Å²) < 4.78 is 1.76. The van der Waals surface area contributed by atoms with Gasteiger partial charge < -0.3 is 10.2 Å². The van der Waals surface area contributed by atoms with Gasteiger partial charge in [-0.25, -0.2) is 9.67 Å². The van der Waals surface area contributed by atoms with Crippen molar-refractivity contribution < 1.29 is 0 Å². The van der Waals surface area contributed by atoms with Crippen LogP contribution in [0.1, 0.15) is 62.2 Å². The van der Waals surface area contributed by atoms with Crippen LogP contribution in [-0.4, -0.2) is 32.0 Å². The third-order valence-corrected chi connectivity index (χ3v) is 6.87. The molecular formula is C25H30N8. The molecule has 2 heterocycles. The highest BCUT2D eigenvalue weighted by atomic mass is 15.5. The normalized spacial score (nSPS) is 18.3. The van der Waals surface area contributed by atoms with Crippen molar-refractivity contribution in [3.05, 3.63) is 60.0 Å². The van der Waals surface area contributed by atoms with E-state index in [4.69, 9.17) is 4.98 Å². The summed E-state index contributed by atoms with van der Waals surface area (Å²) in [6, 6.07) is 14.6.